The van der Waals surface area contributed by atoms with Gasteiger partial charge in [-0.05, 0) is 24.3 Å². The van der Waals surface area contributed by atoms with Crippen LogP contribution in [-0.2, 0) is 11.2 Å². The molecule has 2 aromatic rings. The molecule has 2 heterocycles. The summed E-state index contributed by atoms with van der Waals surface area (Å²) in [5, 5.41) is 0. The number of aromatic amines is 1. The Morgan fingerprint density at radius 3 is 2.94 bits per heavy atom. The maximum Gasteiger partial charge on any atom is 0.136 e. The van der Waals surface area contributed by atoms with Crippen LogP contribution in [0.3, 0.4) is 0 Å². The van der Waals surface area contributed by atoms with E-state index in [4.69, 9.17) is 4.74 Å². The van der Waals surface area contributed by atoms with Gasteiger partial charge in [-0.25, -0.2) is 4.39 Å². The SMILES string of the molecule is C=C1Oc2ccc(F)cc2-c2[nH]c(CC=O)cc21. The molecule has 0 amide bonds. The zero-order chi connectivity index (χ0) is 12.7. The highest BCUT2D eigenvalue weighted by molar-refractivity contribution is 5.85. The van der Waals surface area contributed by atoms with Crippen LogP contribution in [0.25, 0.3) is 17.0 Å². The zero-order valence-corrected chi connectivity index (χ0v) is 9.50. The molecule has 0 unspecified atom stereocenters. The van der Waals surface area contributed by atoms with E-state index in [1.807, 2.05) is 0 Å². The van der Waals surface area contributed by atoms with Gasteiger partial charge in [0.05, 0.1) is 5.69 Å². The predicted molar refractivity (Wildman–Crippen MR) is 65.6 cm³/mol. The van der Waals surface area contributed by atoms with Gasteiger partial charge >= 0.3 is 0 Å². The fraction of sp³-hybridized carbons (Fsp3) is 0.0714. The summed E-state index contributed by atoms with van der Waals surface area (Å²) < 4.78 is 18.8. The van der Waals surface area contributed by atoms with E-state index in [-0.39, 0.29) is 12.2 Å². The molecule has 0 saturated heterocycles. The second-order valence-electron chi connectivity index (χ2n) is 4.12. The number of ether oxygens (including phenoxy) is 1. The lowest BCUT2D eigenvalue weighted by molar-refractivity contribution is -0.107. The van der Waals surface area contributed by atoms with Crippen molar-refractivity contribution < 1.29 is 13.9 Å². The number of aromatic nitrogens is 1. The van der Waals surface area contributed by atoms with Gasteiger partial charge in [0.1, 0.15) is 23.6 Å². The highest BCUT2D eigenvalue weighted by Crippen LogP contribution is 2.41. The second kappa shape index (κ2) is 3.84. The standard InChI is InChI=1S/C14H10FNO2/c1-8-11-7-10(4-5-17)16-14(11)12-6-9(15)2-3-13(12)18-8/h2-3,5-7,16H,1,4H2. The van der Waals surface area contributed by atoms with Crippen molar-refractivity contribution in [2.24, 2.45) is 0 Å². The Balaban J connectivity index is 2.21. The molecule has 0 aliphatic carbocycles. The second-order valence-corrected chi connectivity index (χ2v) is 4.12. The highest BCUT2D eigenvalue weighted by atomic mass is 19.1. The number of hydrogen-bond acceptors (Lipinski definition) is 2. The maximum absolute atomic E-state index is 13.3. The number of rotatable bonds is 2. The number of fused-ring (bicyclic) bond motifs is 3. The van der Waals surface area contributed by atoms with Gasteiger partial charge in [-0.3, -0.25) is 0 Å². The fourth-order valence-electron chi connectivity index (χ4n) is 2.12. The Hall–Kier alpha value is -2.36. The molecule has 1 aromatic heterocycles. The molecule has 18 heavy (non-hydrogen) atoms. The molecule has 4 heteroatoms. The summed E-state index contributed by atoms with van der Waals surface area (Å²) in [5.41, 5.74) is 2.92. The van der Waals surface area contributed by atoms with Gasteiger partial charge in [0.15, 0.2) is 0 Å². The summed E-state index contributed by atoms with van der Waals surface area (Å²) in [6.07, 6.45) is 1.10. The number of halogens is 1. The number of carbonyl (C=O) groups excluding carboxylic acids is 1. The Kier molecular flexibility index (Phi) is 2.30. The highest BCUT2D eigenvalue weighted by Gasteiger charge is 2.23. The molecule has 0 bridgehead atoms. The molecule has 1 aliphatic rings. The van der Waals surface area contributed by atoms with E-state index in [1.54, 1.807) is 12.1 Å². The Morgan fingerprint density at radius 1 is 1.33 bits per heavy atom. The smallest absolute Gasteiger partial charge is 0.136 e. The van der Waals surface area contributed by atoms with E-state index < -0.39 is 0 Å². The number of H-pyrrole nitrogens is 1. The predicted octanol–water partition coefficient (Wildman–Crippen LogP) is 2.93. The molecule has 0 atom stereocenters. The third-order valence-corrected chi connectivity index (χ3v) is 2.92. The lowest BCUT2D eigenvalue weighted by Gasteiger charge is -2.18. The van der Waals surface area contributed by atoms with E-state index in [2.05, 4.69) is 11.6 Å². The van der Waals surface area contributed by atoms with Crippen molar-refractivity contribution in [1.82, 2.24) is 4.98 Å². The van der Waals surface area contributed by atoms with E-state index in [1.165, 1.54) is 12.1 Å². The number of benzene rings is 1. The number of carbonyl (C=O) groups is 1. The van der Waals surface area contributed by atoms with E-state index >= 15 is 0 Å². The van der Waals surface area contributed by atoms with E-state index in [0.717, 1.165) is 23.2 Å². The first-order valence-corrected chi connectivity index (χ1v) is 5.51. The summed E-state index contributed by atoms with van der Waals surface area (Å²) in [7, 11) is 0. The number of hydrogen-bond donors (Lipinski definition) is 1. The fourth-order valence-corrected chi connectivity index (χ4v) is 2.12. The normalized spacial score (nSPS) is 12.6. The summed E-state index contributed by atoms with van der Waals surface area (Å²) in [6.45, 7) is 3.83. The van der Waals surface area contributed by atoms with Gasteiger partial charge in [0.2, 0.25) is 0 Å². The first-order valence-electron chi connectivity index (χ1n) is 5.51. The van der Waals surface area contributed by atoms with Crippen LogP contribution < -0.4 is 4.74 Å². The van der Waals surface area contributed by atoms with Crippen molar-refractivity contribution in [3.8, 4) is 17.0 Å². The third kappa shape index (κ3) is 1.54. The molecule has 1 aliphatic heterocycles. The van der Waals surface area contributed by atoms with Crippen LogP contribution in [0, 0.1) is 5.82 Å². The molecule has 0 spiro atoms. The Labute approximate surface area is 103 Å². The van der Waals surface area contributed by atoms with Crippen LogP contribution >= 0.6 is 0 Å². The van der Waals surface area contributed by atoms with Gasteiger partial charge < -0.3 is 14.5 Å². The van der Waals surface area contributed by atoms with Crippen LogP contribution in [0.5, 0.6) is 5.75 Å². The molecule has 1 N–H and O–H groups in total. The summed E-state index contributed by atoms with van der Waals surface area (Å²) in [4.78, 5) is 13.6. The van der Waals surface area contributed by atoms with Crippen LogP contribution in [0.4, 0.5) is 4.39 Å². The van der Waals surface area contributed by atoms with Crippen molar-refractivity contribution in [2.75, 3.05) is 0 Å². The van der Waals surface area contributed by atoms with Crippen LogP contribution in [-0.4, -0.2) is 11.3 Å². The minimum atomic E-state index is -0.331. The average molecular weight is 243 g/mol. The van der Waals surface area contributed by atoms with Gasteiger partial charge in [0.25, 0.3) is 0 Å². The Morgan fingerprint density at radius 2 is 2.17 bits per heavy atom. The zero-order valence-electron chi connectivity index (χ0n) is 9.50. The Bertz CT molecular complexity index is 658. The number of nitrogens with one attached hydrogen (secondary N) is 1. The molecule has 90 valence electrons. The molecule has 3 rings (SSSR count). The monoisotopic (exact) mass is 243 g/mol. The average Bonchev–Trinajstić information content (AvgIpc) is 2.76. The summed E-state index contributed by atoms with van der Waals surface area (Å²) in [6, 6.07) is 6.12. The third-order valence-electron chi connectivity index (χ3n) is 2.92. The van der Waals surface area contributed by atoms with Crippen LogP contribution in [0.2, 0.25) is 0 Å². The summed E-state index contributed by atoms with van der Waals surface area (Å²) >= 11 is 0. The van der Waals surface area contributed by atoms with Gasteiger partial charge in [0, 0.05) is 23.2 Å². The maximum atomic E-state index is 13.3. The molecule has 0 fully saturated rings. The minimum absolute atomic E-state index is 0.283. The van der Waals surface area contributed by atoms with Crippen molar-refractivity contribution in [3.05, 3.63) is 47.9 Å². The van der Waals surface area contributed by atoms with Crippen molar-refractivity contribution >= 4 is 12.0 Å². The quantitative estimate of drug-likeness (QED) is 0.824. The molecule has 1 aromatic carbocycles. The van der Waals surface area contributed by atoms with Gasteiger partial charge in [-0.1, -0.05) is 6.58 Å². The first-order chi connectivity index (χ1) is 8.69. The van der Waals surface area contributed by atoms with Crippen molar-refractivity contribution in [3.63, 3.8) is 0 Å². The molecular formula is C14H10FNO2. The van der Waals surface area contributed by atoms with Crippen LogP contribution in [0.15, 0.2) is 30.8 Å². The molecule has 0 saturated carbocycles. The summed E-state index contributed by atoms with van der Waals surface area (Å²) in [5.74, 6) is 0.730. The van der Waals surface area contributed by atoms with Crippen LogP contribution in [0.1, 0.15) is 11.3 Å². The molecular weight excluding hydrogens is 233 g/mol. The largest absolute Gasteiger partial charge is 0.457 e. The first kappa shape index (κ1) is 10.8. The van der Waals surface area contributed by atoms with Crippen molar-refractivity contribution in [1.29, 1.82) is 0 Å². The lowest BCUT2D eigenvalue weighted by Crippen LogP contribution is -2.02. The van der Waals surface area contributed by atoms with Gasteiger partial charge in [-0.2, -0.15) is 0 Å². The van der Waals surface area contributed by atoms with E-state index in [9.17, 15) is 9.18 Å². The number of aldehydes is 1. The van der Waals surface area contributed by atoms with Gasteiger partial charge in [-0.15, -0.1) is 0 Å². The lowest BCUT2D eigenvalue weighted by atomic mass is 10.0. The van der Waals surface area contributed by atoms with E-state index in [0.29, 0.717) is 17.1 Å². The topological polar surface area (TPSA) is 42.1 Å². The molecule has 0 radical (unpaired) electrons. The van der Waals surface area contributed by atoms with Crippen molar-refractivity contribution in [2.45, 2.75) is 6.42 Å². The molecule has 3 nitrogen and oxygen atoms in total. The minimum Gasteiger partial charge on any atom is -0.457 e.